The maximum atomic E-state index is 6.03. The van der Waals surface area contributed by atoms with Crippen LogP contribution in [0.15, 0.2) is 52.3 Å². The fourth-order valence-electron chi connectivity index (χ4n) is 1.86. The molecule has 2 aromatic rings. The molecule has 0 unspecified atom stereocenters. The van der Waals surface area contributed by atoms with Crippen molar-refractivity contribution in [3.05, 3.63) is 58.6 Å². The summed E-state index contributed by atoms with van der Waals surface area (Å²) in [5.41, 5.74) is 2.63. The molecule has 0 heterocycles. The zero-order valence-electron chi connectivity index (χ0n) is 11.2. The maximum absolute atomic E-state index is 6.03. The normalized spacial score (nSPS) is 10.7. The van der Waals surface area contributed by atoms with E-state index in [0.717, 1.165) is 18.1 Å². The van der Waals surface area contributed by atoms with E-state index in [0.29, 0.717) is 0 Å². The molecule has 0 saturated carbocycles. The van der Waals surface area contributed by atoms with Gasteiger partial charge in [0.25, 0.3) is 0 Å². The zero-order chi connectivity index (χ0) is 13.7. The van der Waals surface area contributed by atoms with Crippen molar-refractivity contribution < 1.29 is 0 Å². The van der Waals surface area contributed by atoms with E-state index in [1.165, 1.54) is 20.9 Å². The molecule has 2 aromatic carbocycles. The van der Waals surface area contributed by atoms with Gasteiger partial charge in [0.05, 0.1) is 0 Å². The number of benzene rings is 2. The molecule has 0 aliphatic rings. The van der Waals surface area contributed by atoms with Crippen molar-refractivity contribution in [3.63, 3.8) is 0 Å². The molecule has 0 bridgehead atoms. The molecule has 19 heavy (non-hydrogen) atoms. The van der Waals surface area contributed by atoms with E-state index in [9.17, 15) is 0 Å². The SMILES string of the molecule is CCNCc1cc(C)ccc1Sc1cccc(Cl)c1. The Bertz CT molecular complexity index is 554. The molecule has 0 saturated heterocycles. The minimum Gasteiger partial charge on any atom is -0.313 e. The first-order valence-electron chi connectivity index (χ1n) is 6.42. The molecule has 0 aliphatic carbocycles. The summed E-state index contributed by atoms with van der Waals surface area (Å²) in [6.45, 7) is 6.14. The number of rotatable bonds is 5. The fourth-order valence-corrected chi connectivity index (χ4v) is 3.10. The van der Waals surface area contributed by atoms with Gasteiger partial charge in [0, 0.05) is 21.4 Å². The lowest BCUT2D eigenvalue weighted by molar-refractivity contribution is 0.717. The Morgan fingerprint density at radius 2 is 2.00 bits per heavy atom. The van der Waals surface area contributed by atoms with Crippen molar-refractivity contribution in [2.75, 3.05) is 6.54 Å². The first kappa shape index (κ1) is 14.4. The summed E-state index contributed by atoms with van der Waals surface area (Å²) in [5.74, 6) is 0. The van der Waals surface area contributed by atoms with Crippen LogP contribution in [0.2, 0.25) is 5.02 Å². The van der Waals surface area contributed by atoms with Crippen LogP contribution in [-0.4, -0.2) is 6.54 Å². The summed E-state index contributed by atoms with van der Waals surface area (Å²) in [7, 11) is 0. The average Bonchev–Trinajstić information content (AvgIpc) is 2.39. The van der Waals surface area contributed by atoms with Crippen molar-refractivity contribution in [1.82, 2.24) is 5.32 Å². The summed E-state index contributed by atoms with van der Waals surface area (Å²) >= 11 is 7.80. The van der Waals surface area contributed by atoms with Gasteiger partial charge in [-0.15, -0.1) is 0 Å². The quantitative estimate of drug-likeness (QED) is 0.840. The second kappa shape index (κ2) is 6.99. The van der Waals surface area contributed by atoms with E-state index < -0.39 is 0 Å². The molecule has 0 spiro atoms. The molecule has 100 valence electrons. The molecule has 2 rings (SSSR count). The summed E-state index contributed by atoms with van der Waals surface area (Å²) < 4.78 is 0. The second-order valence-corrected chi connectivity index (χ2v) is 6.00. The summed E-state index contributed by atoms with van der Waals surface area (Å²) in [5, 5.41) is 4.17. The van der Waals surface area contributed by atoms with Crippen LogP contribution in [0.1, 0.15) is 18.1 Å². The van der Waals surface area contributed by atoms with Gasteiger partial charge in [0.1, 0.15) is 0 Å². The summed E-state index contributed by atoms with van der Waals surface area (Å²) in [6.07, 6.45) is 0. The number of halogens is 1. The highest BCUT2D eigenvalue weighted by atomic mass is 35.5. The summed E-state index contributed by atoms with van der Waals surface area (Å²) in [4.78, 5) is 2.46. The molecule has 0 radical (unpaired) electrons. The number of hydrogen-bond donors (Lipinski definition) is 1. The standard InChI is InChI=1S/C16H18ClNS/c1-3-18-11-13-9-12(2)7-8-16(13)19-15-6-4-5-14(17)10-15/h4-10,18H,3,11H2,1-2H3. The minimum atomic E-state index is 0.783. The molecule has 0 fully saturated rings. The third-order valence-electron chi connectivity index (χ3n) is 2.81. The lowest BCUT2D eigenvalue weighted by Gasteiger charge is -2.11. The van der Waals surface area contributed by atoms with Crippen LogP contribution < -0.4 is 5.32 Å². The summed E-state index contributed by atoms with van der Waals surface area (Å²) in [6, 6.07) is 14.6. The molecule has 3 heteroatoms. The van der Waals surface area contributed by atoms with Crippen molar-refractivity contribution in [3.8, 4) is 0 Å². The van der Waals surface area contributed by atoms with Crippen LogP contribution in [0.4, 0.5) is 0 Å². The van der Waals surface area contributed by atoms with Gasteiger partial charge in [-0.3, -0.25) is 0 Å². The van der Waals surface area contributed by atoms with Crippen molar-refractivity contribution >= 4 is 23.4 Å². The molecule has 1 nitrogen and oxygen atoms in total. The van der Waals surface area contributed by atoms with Gasteiger partial charge in [-0.2, -0.15) is 0 Å². The van der Waals surface area contributed by atoms with Crippen LogP contribution in [-0.2, 0) is 6.54 Å². The molecular formula is C16H18ClNS. The van der Waals surface area contributed by atoms with Crippen molar-refractivity contribution in [2.24, 2.45) is 0 Å². The van der Waals surface area contributed by atoms with Gasteiger partial charge >= 0.3 is 0 Å². The molecular weight excluding hydrogens is 274 g/mol. The Morgan fingerprint density at radius 1 is 1.16 bits per heavy atom. The molecule has 0 aromatic heterocycles. The topological polar surface area (TPSA) is 12.0 Å². The predicted molar refractivity (Wildman–Crippen MR) is 84.1 cm³/mol. The average molecular weight is 292 g/mol. The van der Waals surface area contributed by atoms with Crippen LogP contribution in [0.5, 0.6) is 0 Å². The second-order valence-electron chi connectivity index (χ2n) is 4.45. The third-order valence-corrected chi connectivity index (χ3v) is 4.15. The predicted octanol–water partition coefficient (Wildman–Crippen LogP) is 4.91. The highest BCUT2D eigenvalue weighted by Gasteiger charge is 2.05. The molecule has 0 amide bonds. The van der Waals surface area contributed by atoms with Crippen molar-refractivity contribution in [2.45, 2.75) is 30.2 Å². The lowest BCUT2D eigenvalue weighted by Crippen LogP contribution is -2.12. The highest BCUT2D eigenvalue weighted by molar-refractivity contribution is 7.99. The van der Waals surface area contributed by atoms with E-state index in [2.05, 4.69) is 43.4 Å². The van der Waals surface area contributed by atoms with E-state index in [-0.39, 0.29) is 0 Å². The van der Waals surface area contributed by atoms with Gasteiger partial charge in [0.2, 0.25) is 0 Å². The first-order valence-corrected chi connectivity index (χ1v) is 7.62. The Balaban J connectivity index is 2.23. The van der Waals surface area contributed by atoms with Crippen LogP contribution in [0, 0.1) is 6.92 Å². The number of aryl methyl sites for hydroxylation is 1. The zero-order valence-corrected chi connectivity index (χ0v) is 12.8. The molecule has 1 N–H and O–H groups in total. The Kier molecular flexibility index (Phi) is 5.32. The van der Waals surface area contributed by atoms with E-state index >= 15 is 0 Å². The Morgan fingerprint density at radius 3 is 2.74 bits per heavy atom. The van der Waals surface area contributed by atoms with E-state index in [1.807, 2.05) is 18.2 Å². The Hall–Kier alpha value is -0.960. The van der Waals surface area contributed by atoms with E-state index in [4.69, 9.17) is 11.6 Å². The van der Waals surface area contributed by atoms with Crippen molar-refractivity contribution in [1.29, 1.82) is 0 Å². The first-order chi connectivity index (χ1) is 9.19. The van der Waals surface area contributed by atoms with Crippen LogP contribution >= 0.6 is 23.4 Å². The highest BCUT2D eigenvalue weighted by Crippen LogP contribution is 2.32. The molecule has 0 atom stereocenters. The smallest absolute Gasteiger partial charge is 0.0417 e. The maximum Gasteiger partial charge on any atom is 0.0417 e. The van der Waals surface area contributed by atoms with Gasteiger partial charge in [-0.05, 0) is 43.3 Å². The largest absolute Gasteiger partial charge is 0.313 e. The third kappa shape index (κ3) is 4.27. The fraction of sp³-hybridized carbons (Fsp3) is 0.250. The molecule has 0 aliphatic heterocycles. The number of hydrogen-bond acceptors (Lipinski definition) is 2. The number of nitrogens with one attached hydrogen (secondary N) is 1. The Labute approximate surface area is 124 Å². The van der Waals surface area contributed by atoms with Gasteiger partial charge < -0.3 is 5.32 Å². The van der Waals surface area contributed by atoms with Gasteiger partial charge in [-0.25, -0.2) is 0 Å². The minimum absolute atomic E-state index is 0.783. The van der Waals surface area contributed by atoms with Crippen LogP contribution in [0.25, 0.3) is 0 Å². The van der Waals surface area contributed by atoms with Gasteiger partial charge in [0.15, 0.2) is 0 Å². The lowest BCUT2D eigenvalue weighted by atomic mass is 10.1. The van der Waals surface area contributed by atoms with Crippen LogP contribution in [0.3, 0.4) is 0 Å². The monoisotopic (exact) mass is 291 g/mol. The van der Waals surface area contributed by atoms with Gasteiger partial charge in [-0.1, -0.05) is 54.0 Å². The van der Waals surface area contributed by atoms with E-state index in [1.54, 1.807) is 11.8 Å².